The van der Waals surface area contributed by atoms with E-state index in [0.29, 0.717) is 25.0 Å². The number of nitrogens with one attached hydrogen (secondary N) is 3. The number of hydrogen-bond donors (Lipinski definition) is 3. The lowest BCUT2D eigenvalue weighted by Crippen LogP contribution is -2.36. The first kappa shape index (κ1) is 23.9. The molecule has 0 aliphatic carbocycles. The van der Waals surface area contributed by atoms with Crippen molar-refractivity contribution >= 4 is 16.0 Å². The van der Waals surface area contributed by atoms with Crippen LogP contribution in [0.1, 0.15) is 62.1 Å². The molecular weight excluding hydrogens is 402 g/mol. The van der Waals surface area contributed by atoms with Gasteiger partial charge in [0.15, 0.2) is 11.7 Å². The molecule has 0 spiro atoms. The van der Waals surface area contributed by atoms with Crippen LogP contribution in [0.4, 0.5) is 0 Å². The summed E-state index contributed by atoms with van der Waals surface area (Å²) in [6.07, 6.45) is 2.07. The molecule has 1 aromatic carbocycles. The van der Waals surface area contributed by atoms with E-state index in [1.54, 1.807) is 6.07 Å². The van der Waals surface area contributed by atoms with E-state index >= 15 is 0 Å². The standard InChI is InChI=1S/C21H33N5O3S/c1-5-18(6-2)20-12-19(29-26-20)14-25-21(23-7-3)24-13-16-9-8-10-17(11-16)15-30(27,28)22-4/h8-12,18,22H,5-7,13-15H2,1-4H3,(H2,23,24,25). The lowest BCUT2D eigenvalue weighted by atomic mass is 9.99. The van der Waals surface area contributed by atoms with Crippen LogP contribution in [0.25, 0.3) is 0 Å². The Hall–Kier alpha value is -2.39. The molecule has 2 aromatic rings. The Kier molecular flexibility index (Phi) is 9.32. The number of aromatic nitrogens is 1. The van der Waals surface area contributed by atoms with E-state index in [0.717, 1.165) is 42.0 Å². The van der Waals surface area contributed by atoms with Gasteiger partial charge in [-0.25, -0.2) is 18.1 Å². The lowest BCUT2D eigenvalue weighted by Gasteiger charge is -2.10. The predicted octanol–water partition coefficient (Wildman–Crippen LogP) is 2.88. The maximum absolute atomic E-state index is 11.8. The highest BCUT2D eigenvalue weighted by atomic mass is 32.2. The summed E-state index contributed by atoms with van der Waals surface area (Å²) in [6.45, 7) is 7.94. The molecule has 9 heteroatoms. The minimum absolute atomic E-state index is 0.0519. The minimum atomic E-state index is -3.30. The summed E-state index contributed by atoms with van der Waals surface area (Å²) in [4.78, 5) is 4.60. The maximum atomic E-state index is 11.8. The molecular formula is C21H33N5O3S. The van der Waals surface area contributed by atoms with Gasteiger partial charge in [0.2, 0.25) is 10.0 Å². The Bertz CT molecular complexity index is 920. The molecule has 0 unspecified atom stereocenters. The summed E-state index contributed by atoms with van der Waals surface area (Å²) in [6, 6.07) is 9.44. The summed E-state index contributed by atoms with van der Waals surface area (Å²) >= 11 is 0. The summed E-state index contributed by atoms with van der Waals surface area (Å²) in [5.74, 6) is 1.79. The lowest BCUT2D eigenvalue weighted by molar-refractivity contribution is 0.368. The number of hydrogen-bond acceptors (Lipinski definition) is 5. The van der Waals surface area contributed by atoms with Crippen LogP contribution in [0.5, 0.6) is 0 Å². The van der Waals surface area contributed by atoms with Crippen LogP contribution < -0.4 is 15.4 Å². The first-order chi connectivity index (χ1) is 14.4. The molecule has 1 heterocycles. The first-order valence-corrected chi connectivity index (χ1v) is 12.0. The molecule has 0 aliphatic heterocycles. The van der Waals surface area contributed by atoms with Crippen molar-refractivity contribution in [3.63, 3.8) is 0 Å². The van der Waals surface area contributed by atoms with Crippen molar-refractivity contribution in [2.75, 3.05) is 13.6 Å². The van der Waals surface area contributed by atoms with Gasteiger partial charge in [-0.1, -0.05) is 43.3 Å². The Morgan fingerprint density at radius 2 is 1.87 bits per heavy atom. The molecule has 0 aliphatic rings. The van der Waals surface area contributed by atoms with Gasteiger partial charge in [-0.2, -0.15) is 0 Å². The maximum Gasteiger partial charge on any atom is 0.215 e. The normalized spacial score (nSPS) is 12.4. The van der Waals surface area contributed by atoms with E-state index in [1.165, 1.54) is 7.05 Å². The summed E-state index contributed by atoms with van der Waals surface area (Å²) in [5, 5.41) is 10.7. The van der Waals surface area contributed by atoms with Crippen LogP contribution in [0, 0.1) is 0 Å². The van der Waals surface area contributed by atoms with Gasteiger partial charge >= 0.3 is 0 Å². The number of nitrogens with zero attached hydrogens (tertiary/aromatic N) is 2. The SMILES string of the molecule is CCNC(=NCc1cccc(CS(=O)(=O)NC)c1)NCc1cc(C(CC)CC)no1. The van der Waals surface area contributed by atoms with E-state index in [1.807, 2.05) is 31.2 Å². The molecule has 3 N–H and O–H groups in total. The van der Waals surface area contributed by atoms with E-state index in [4.69, 9.17) is 4.52 Å². The van der Waals surface area contributed by atoms with Crippen molar-refractivity contribution in [3.05, 3.63) is 52.9 Å². The van der Waals surface area contributed by atoms with Gasteiger partial charge in [0, 0.05) is 18.5 Å². The third-order valence-corrected chi connectivity index (χ3v) is 6.17. The highest BCUT2D eigenvalue weighted by Crippen LogP contribution is 2.22. The van der Waals surface area contributed by atoms with Crippen LogP contribution >= 0.6 is 0 Å². The van der Waals surface area contributed by atoms with E-state index < -0.39 is 10.0 Å². The highest BCUT2D eigenvalue weighted by Gasteiger charge is 2.13. The fourth-order valence-corrected chi connectivity index (χ4v) is 3.87. The van der Waals surface area contributed by atoms with Crippen LogP contribution in [-0.2, 0) is 28.9 Å². The molecule has 0 bridgehead atoms. The van der Waals surface area contributed by atoms with Crippen molar-refractivity contribution < 1.29 is 12.9 Å². The monoisotopic (exact) mass is 435 g/mol. The molecule has 166 valence electrons. The van der Waals surface area contributed by atoms with E-state index in [2.05, 4.69) is 39.4 Å². The zero-order valence-electron chi connectivity index (χ0n) is 18.2. The molecule has 0 atom stereocenters. The molecule has 1 aromatic heterocycles. The van der Waals surface area contributed by atoms with E-state index in [9.17, 15) is 8.42 Å². The molecule has 8 nitrogen and oxygen atoms in total. The molecule has 0 fully saturated rings. The zero-order chi connectivity index (χ0) is 22.0. The van der Waals surface area contributed by atoms with Crippen molar-refractivity contribution in [2.45, 2.75) is 58.4 Å². The van der Waals surface area contributed by atoms with Gasteiger partial charge in [-0.05, 0) is 37.9 Å². The Morgan fingerprint density at radius 3 is 2.53 bits per heavy atom. The van der Waals surface area contributed by atoms with Gasteiger partial charge in [-0.3, -0.25) is 0 Å². The fraction of sp³-hybridized carbons (Fsp3) is 0.524. The number of benzene rings is 1. The average Bonchev–Trinajstić information content (AvgIpc) is 3.20. The molecule has 0 amide bonds. The van der Waals surface area contributed by atoms with Crippen LogP contribution in [-0.4, -0.2) is 33.1 Å². The van der Waals surface area contributed by atoms with Crippen molar-refractivity contribution in [2.24, 2.45) is 4.99 Å². The largest absolute Gasteiger partial charge is 0.359 e. The van der Waals surface area contributed by atoms with E-state index in [-0.39, 0.29) is 5.75 Å². The minimum Gasteiger partial charge on any atom is -0.359 e. The Balaban J connectivity index is 2.01. The molecule has 0 radical (unpaired) electrons. The second kappa shape index (κ2) is 11.7. The van der Waals surface area contributed by atoms with Crippen LogP contribution in [0.3, 0.4) is 0 Å². The third kappa shape index (κ3) is 7.46. The van der Waals surface area contributed by atoms with Crippen molar-refractivity contribution in [3.8, 4) is 0 Å². The topological polar surface area (TPSA) is 109 Å². The quantitative estimate of drug-likeness (QED) is 0.370. The summed E-state index contributed by atoms with van der Waals surface area (Å²) in [5.41, 5.74) is 2.66. The zero-order valence-corrected chi connectivity index (χ0v) is 19.1. The van der Waals surface area contributed by atoms with Crippen LogP contribution in [0.2, 0.25) is 0 Å². The molecule has 2 rings (SSSR count). The Labute approximate surface area is 179 Å². The number of aliphatic imine (C=N–C) groups is 1. The number of rotatable bonds is 11. The fourth-order valence-electron chi connectivity index (χ4n) is 3.10. The summed E-state index contributed by atoms with van der Waals surface area (Å²) in [7, 11) is -1.89. The summed E-state index contributed by atoms with van der Waals surface area (Å²) < 4.78 is 31.3. The molecule has 0 saturated carbocycles. The van der Waals surface area contributed by atoms with Crippen molar-refractivity contribution in [1.82, 2.24) is 20.5 Å². The second-order valence-electron chi connectivity index (χ2n) is 7.06. The van der Waals surface area contributed by atoms with Gasteiger partial charge < -0.3 is 15.2 Å². The smallest absolute Gasteiger partial charge is 0.215 e. The van der Waals surface area contributed by atoms with Crippen molar-refractivity contribution in [1.29, 1.82) is 0 Å². The third-order valence-electron chi connectivity index (χ3n) is 4.83. The van der Waals surface area contributed by atoms with Gasteiger partial charge in [0.1, 0.15) is 0 Å². The van der Waals surface area contributed by atoms with Gasteiger partial charge in [-0.15, -0.1) is 0 Å². The number of sulfonamides is 1. The first-order valence-electron chi connectivity index (χ1n) is 10.4. The molecule has 30 heavy (non-hydrogen) atoms. The second-order valence-corrected chi connectivity index (χ2v) is 8.99. The number of guanidine groups is 1. The predicted molar refractivity (Wildman–Crippen MR) is 120 cm³/mol. The average molecular weight is 436 g/mol. The van der Waals surface area contributed by atoms with Gasteiger partial charge in [0.05, 0.1) is 24.5 Å². The van der Waals surface area contributed by atoms with Gasteiger partial charge in [0.25, 0.3) is 0 Å². The Morgan fingerprint density at radius 1 is 1.13 bits per heavy atom. The molecule has 0 saturated heterocycles. The highest BCUT2D eigenvalue weighted by molar-refractivity contribution is 7.88. The van der Waals surface area contributed by atoms with Crippen LogP contribution in [0.15, 0.2) is 39.8 Å².